The lowest BCUT2D eigenvalue weighted by atomic mass is 9.96. The molecular weight excluding hydrogens is 286 g/mol. The van der Waals surface area contributed by atoms with Gasteiger partial charge in [0, 0.05) is 19.0 Å². The van der Waals surface area contributed by atoms with Crippen LogP contribution in [0.15, 0.2) is 18.3 Å². The van der Waals surface area contributed by atoms with Gasteiger partial charge in [-0.25, -0.2) is 0 Å². The third-order valence-corrected chi connectivity index (χ3v) is 4.42. The summed E-state index contributed by atoms with van der Waals surface area (Å²) in [5.74, 6) is 2.36. The Kier molecular flexibility index (Phi) is 3.03. The summed E-state index contributed by atoms with van der Waals surface area (Å²) in [5.41, 5.74) is 1.80. The fourth-order valence-corrected chi connectivity index (χ4v) is 3.25. The molecule has 4 rings (SSSR count). The van der Waals surface area contributed by atoms with Crippen LogP contribution < -0.4 is 4.90 Å². The maximum atomic E-state index is 4.54. The summed E-state index contributed by atoms with van der Waals surface area (Å²) >= 11 is 1.26. The highest BCUT2D eigenvalue weighted by Gasteiger charge is 2.26. The maximum Gasteiger partial charge on any atom is 0.177 e. The molecule has 21 heavy (non-hydrogen) atoms. The zero-order valence-corrected chi connectivity index (χ0v) is 12.5. The zero-order chi connectivity index (χ0) is 14.2. The lowest BCUT2D eigenvalue weighted by Gasteiger charge is -2.30. The number of anilines is 1. The van der Waals surface area contributed by atoms with Crippen molar-refractivity contribution in [1.29, 1.82) is 0 Å². The van der Waals surface area contributed by atoms with E-state index in [1.165, 1.54) is 11.7 Å². The van der Waals surface area contributed by atoms with Gasteiger partial charge in [-0.1, -0.05) is 0 Å². The summed E-state index contributed by atoms with van der Waals surface area (Å²) < 4.78 is 10.3. The number of aryl methyl sites for hydroxylation is 1. The molecule has 4 heterocycles. The van der Waals surface area contributed by atoms with Crippen LogP contribution in [0.25, 0.3) is 5.65 Å². The molecule has 108 valence electrons. The van der Waals surface area contributed by atoms with Crippen LogP contribution in [-0.2, 0) is 0 Å². The van der Waals surface area contributed by atoms with Crippen molar-refractivity contribution < 1.29 is 0 Å². The van der Waals surface area contributed by atoms with E-state index in [0.717, 1.165) is 48.9 Å². The molecular formula is C13H15N7S. The SMILES string of the molecule is Cc1ccc2nnc(C3CCN(c4cnsn4)CC3)n2n1. The van der Waals surface area contributed by atoms with Crippen LogP contribution in [0.2, 0.25) is 0 Å². The Morgan fingerprint density at radius 2 is 2.05 bits per heavy atom. The normalized spacial score (nSPS) is 16.7. The molecule has 1 saturated heterocycles. The third kappa shape index (κ3) is 2.25. The van der Waals surface area contributed by atoms with E-state index < -0.39 is 0 Å². The molecule has 0 radical (unpaired) electrons. The molecule has 0 bridgehead atoms. The highest BCUT2D eigenvalue weighted by atomic mass is 32.1. The fourth-order valence-electron chi connectivity index (χ4n) is 2.82. The van der Waals surface area contributed by atoms with Gasteiger partial charge in [0.2, 0.25) is 0 Å². The summed E-state index contributed by atoms with van der Waals surface area (Å²) in [6, 6.07) is 3.93. The van der Waals surface area contributed by atoms with Crippen LogP contribution in [0.5, 0.6) is 0 Å². The molecule has 8 heteroatoms. The summed E-state index contributed by atoms with van der Waals surface area (Å²) in [5, 5.41) is 13.1. The number of fused-ring (bicyclic) bond motifs is 1. The lowest BCUT2D eigenvalue weighted by Crippen LogP contribution is -2.33. The average Bonchev–Trinajstić information content (AvgIpc) is 3.16. The quantitative estimate of drug-likeness (QED) is 0.717. The van der Waals surface area contributed by atoms with Gasteiger partial charge in [0.1, 0.15) is 0 Å². The van der Waals surface area contributed by atoms with E-state index in [9.17, 15) is 0 Å². The van der Waals surface area contributed by atoms with Crippen molar-refractivity contribution in [1.82, 2.24) is 28.6 Å². The van der Waals surface area contributed by atoms with Crippen LogP contribution >= 0.6 is 11.7 Å². The summed E-state index contributed by atoms with van der Waals surface area (Å²) in [6.45, 7) is 3.93. The monoisotopic (exact) mass is 301 g/mol. The molecule has 0 saturated carbocycles. The smallest absolute Gasteiger partial charge is 0.177 e. The first-order chi connectivity index (χ1) is 10.3. The van der Waals surface area contributed by atoms with Crippen LogP contribution in [0, 0.1) is 6.92 Å². The standard InChI is InChI=1S/C13H15N7S/c1-9-2-3-11-15-16-13(20(11)17-9)10-4-6-19(7-5-10)12-8-14-21-18-12/h2-3,8,10H,4-7H2,1H3. The Morgan fingerprint density at radius 3 is 2.81 bits per heavy atom. The van der Waals surface area contributed by atoms with Gasteiger partial charge < -0.3 is 4.90 Å². The molecule has 3 aromatic heterocycles. The second-order valence-corrected chi connectivity index (χ2v) is 5.89. The van der Waals surface area contributed by atoms with Crippen LogP contribution in [0.1, 0.15) is 30.3 Å². The first-order valence-corrected chi connectivity index (χ1v) is 7.76. The Balaban J connectivity index is 1.56. The Labute approximate surface area is 126 Å². The largest absolute Gasteiger partial charge is 0.354 e. The highest BCUT2D eigenvalue weighted by Crippen LogP contribution is 2.28. The zero-order valence-electron chi connectivity index (χ0n) is 11.7. The number of hydrogen-bond acceptors (Lipinski definition) is 7. The van der Waals surface area contributed by atoms with Crippen LogP contribution in [-0.4, -0.2) is 41.6 Å². The molecule has 0 aliphatic carbocycles. The van der Waals surface area contributed by atoms with Crippen molar-refractivity contribution >= 4 is 23.2 Å². The van der Waals surface area contributed by atoms with Crippen molar-refractivity contribution in [3.05, 3.63) is 29.8 Å². The van der Waals surface area contributed by atoms with E-state index in [-0.39, 0.29) is 0 Å². The topological polar surface area (TPSA) is 72.1 Å². The van der Waals surface area contributed by atoms with E-state index in [4.69, 9.17) is 0 Å². The van der Waals surface area contributed by atoms with Gasteiger partial charge >= 0.3 is 0 Å². The van der Waals surface area contributed by atoms with E-state index in [1.807, 2.05) is 29.8 Å². The van der Waals surface area contributed by atoms with Crippen molar-refractivity contribution in [3.63, 3.8) is 0 Å². The maximum absolute atomic E-state index is 4.54. The average molecular weight is 301 g/mol. The summed E-state index contributed by atoms with van der Waals surface area (Å²) in [4.78, 5) is 2.28. The van der Waals surface area contributed by atoms with Crippen LogP contribution in [0.3, 0.4) is 0 Å². The second kappa shape index (κ2) is 5.03. The van der Waals surface area contributed by atoms with Gasteiger partial charge in [0.15, 0.2) is 17.3 Å². The lowest BCUT2D eigenvalue weighted by molar-refractivity contribution is 0.475. The molecule has 1 fully saturated rings. The van der Waals surface area contributed by atoms with E-state index in [2.05, 4.69) is 28.9 Å². The van der Waals surface area contributed by atoms with E-state index in [0.29, 0.717) is 5.92 Å². The minimum atomic E-state index is 0.400. The highest BCUT2D eigenvalue weighted by molar-refractivity contribution is 6.99. The van der Waals surface area contributed by atoms with Gasteiger partial charge in [-0.15, -0.1) is 10.2 Å². The number of rotatable bonds is 2. The molecule has 0 unspecified atom stereocenters. The Hall–Kier alpha value is -2.09. The van der Waals surface area contributed by atoms with Gasteiger partial charge in [0.05, 0.1) is 23.6 Å². The molecule has 0 atom stereocenters. The van der Waals surface area contributed by atoms with Gasteiger partial charge in [0.25, 0.3) is 0 Å². The van der Waals surface area contributed by atoms with Gasteiger partial charge in [-0.05, 0) is 31.9 Å². The van der Waals surface area contributed by atoms with Crippen molar-refractivity contribution in [2.45, 2.75) is 25.7 Å². The van der Waals surface area contributed by atoms with E-state index in [1.54, 1.807) is 0 Å². The Morgan fingerprint density at radius 1 is 1.19 bits per heavy atom. The molecule has 0 aromatic carbocycles. The first kappa shape index (κ1) is 12.6. The molecule has 7 nitrogen and oxygen atoms in total. The van der Waals surface area contributed by atoms with Crippen molar-refractivity contribution in [3.8, 4) is 0 Å². The molecule has 0 spiro atoms. The molecule has 1 aliphatic rings. The first-order valence-electron chi connectivity index (χ1n) is 7.03. The van der Waals surface area contributed by atoms with E-state index >= 15 is 0 Å². The predicted octanol–water partition coefficient (Wildman–Crippen LogP) is 1.67. The van der Waals surface area contributed by atoms with Crippen molar-refractivity contribution in [2.24, 2.45) is 0 Å². The van der Waals surface area contributed by atoms with Gasteiger partial charge in [-0.3, -0.25) is 0 Å². The van der Waals surface area contributed by atoms with Crippen LogP contribution in [0.4, 0.5) is 5.82 Å². The molecule has 3 aromatic rings. The number of hydrogen-bond donors (Lipinski definition) is 0. The summed E-state index contributed by atoms with van der Waals surface area (Å²) in [7, 11) is 0. The molecule has 0 amide bonds. The fraction of sp³-hybridized carbons (Fsp3) is 0.462. The minimum absolute atomic E-state index is 0.400. The molecule has 1 aliphatic heterocycles. The third-order valence-electron chi connectivity index (χ3n) is 3.95. The predicted molar refractivity (Wildman–Crippen MR) is 79.6 cm³/mol. The minimum Gasteiger partial charge on any atom is -0.354 e. The Bertz CT molecular complexity index is 743. The molecule has 0 N–H and O–H groups in total. The second-order valence-electron chi connectivity index (χ2n) is 5.33. The van der Waals surface area contributed by atoms with Gasteiger partial charge in [-0.2, -0.15) is 18.4 Å². The number of piperidine rings is 1. The number of nitrogens with zero attached hydrogens (tertiary/aromatic N) is 7. The number of aromatic nitrogens is 6. The summed E-state index contributed by atoms with van der Waals surface area (Å²) in [6.07, 6.45) is 3.91. The van der Waals surface area contributed by atoms with Crippen molar-refractivity contribution in [2.75, 3.05) is 18.0 Å².